The van der Waals surface area contributed by atoms with Crippen molar-refractivity contribution in [1.29, 1.82) is 10.8 Å². The Morgan fingerprint density at radius 2 is 1.82 bits per heavy atom. The first-order valence-corrected chi connectivity index (χ1v) is 6.12. The molecule has 4 nitrogen and oxygen atoms in total. The van der Waals surface area contributed by atoms with E-state index in [0.717, 1.165) is 12.8 Å². The maximum absolute atomic E-state index is 7.73. The number of hydrogen-bond donors (Lipinski definition) is 2. The van der Waals surface area contributed by atoms with Gasteiger partial charge in [0.25, 0.3) is 0 Å². The number of nitrogens with zero attached hydrogens (tertiary/aromatic N) is 1. The molecule has 0 aromatic heterocycles. The highest BCUT2D eigenvalue weighted by molar-refractivity contribution is 6.43. The Morgan fingerprint density at radius 3 is 2.35 bits per heavy atom. The van der Waals surface area contributed by atoms with Crippen LogP contribution in [0.15, 0.2) is 12.2 Å². The standard InChI is InChI=1S/C13H25N3O/c1-5-6-7-8-9-17-13(15)12(14)11(2)10-16(3)4/h14-15H,2,5-10H2,1,3-4H3. The Bertz CT molecular complexity index is 272. The van der Waals surface area contributed by atoms with Crippen molar-refractivity contribution >= 4 is 11.6 Å². The molecule has 0 aromatic rings. The Hall–Kier alpha value is -1.16. The average Bonchev–Trinajstić information content (AvgIpc) is 2.26. The molecule has 0 radical (unpaired) electrons. The highest BCUT2D eigenvalue weighted by atomic mass is 16.5. The highest BCUT2D eigenvalue weighted by Crippen LogP contribution is 2.02. The third-order valence-corrected chi connectivity index (χ3v) is 2.33. The molecular weight excluding hydrogens is 214 g/mol. The molecule has 0 spiro atoms. The lowest BCUT2D eigenvalue weighted by atomic mass is 10.1. The summed E-state index contributed by atoms with van der Waals surface area (Å²) >= 11 is 0. The second-order valence-electron chi connectivity index (χ2n) is 4.45. The second-order valence-corrected chi connectivity index (χ2v) is 4.45. The van der Waals surface area contributed by atoms with Crippen LogP contribution in [0.5, 0.6) is 0 Å². The summed E-state index contributed by atoms with van der Waals surface area (Å²) in [5, 5.41) is 15.4. The van der Waals surface area contributed by atoms with Crippen molar-refractivity contribution in [3.8, 4) is 0 Å². The Kier molecular flexibility index (Phi) is 8.32. The van der Waals surface area contributed by atoms with Gasteiger partial charge in [-0.05, 0) is 26.1 Å². The molecular formula is C13H25N3O. The van der Waals surface area contributed by atoms with Crippen molar-refractivity contribution in [3.63, 3.8) is 0 Å². The summed E-state index contributed by atoms with van der Waals surface area (Å²) in [5.41, 5.74) is 0.725. The minimum absolute atomic E-state index is 0.0617. The molecule has 0 fully saturated rings. The van der Waals surface area contributed by atoms with Crippen LogP contribution in [-0.4, -0.2) is 43.8 Å². The molecule has 17 heavy (non-hydrogen) atoms. The fourth-order valence-corrected chi connectivity index (χ4v) is 1.40. The molecule has 0 saturated carbocycles. The zero-order chi connectivity index (χ0) is 13.3. The molecule has 0 aliphatic heterocycles. The average molecular weight is 239 g/mol. The van der Waals surface area contributed by atoms with Crippen LogP contribution in [0, 0.1) is 10.8 Å². The van der Waals surface area contributed by atoms with E-state index in [1.807, 2.05) is 19.0 Å². The van der Waals surface area contributed by atoms with Gasteiger partial charge in [0.05, 0.1) is 6.61 Å². The summed E-state index contributed by atoms with van der Waals surface area (Å²) in [6.45, 7) is 7.05. The topological polar surface area (TPSA) is 60.2 Å². The normalized spacial score (nSPS) is 10.4. The maximum atomic E-state index is 7.73. The van der Waals surface area contributed by atoms with Crippen LogP contribution in [0.3, 0.4) is 0 Å². The first-order chi connectivity index (χ1) is 7.99. The van der Waals surface area contributed by atoms with Crippen molar-refractivity contribution in [2.75, 3.05) is 27.2 Å². The highest BCUT2D eigenvalue weighted by Gasteiger charge is 2.11. The van der Waals surface area contributed by atoms with E-state index in [1.54, 1.807) is 0 Å². The Morgan fingerprint density at radius 1 is 1.18 bits per heavy atom. The van der Waals surface area contributed by atoms with E-state index in [9.17, 15) is 0 Å². The largest absolute Gasteiger partial charge is 0.477 e. The maximum Gasteiger partial charge on any atom is 0.232 e. The second kappa shape index (κ2) is 8.93. The van der Waals surface area contributed by atoms with Crippen LogP contribution >= 0.6 is 0 Å². The molecule has 0 rings (SSSR count). The number of rotatable bonds is 9. The minimum Gasteiger partial charge on any atom is -0.477 e. The van der Waals surface area contributed by atoms with Crippen molar-refractivity contribution < 1.29 is 4.74 Å². The first kappa shape index (κ1) is 15.8. The number of hydrogen-bond acceptors (Lipinski definition) is 4. The van der Waals surface area contributed by atoms with Gasteiger partial charge in [-0.2, -0.15) is 0 Å². The van der Waals surface area contributed by atoms with Crippen LogP contribution < -0.4 is 0 Å². The summed E-state index contributed by atoms with van der Waals surface area (Å²) in [6.07, 6.45) is 4.45. The molecule has 0 atom stereocenters. The fourth-order valence-electron chi connectivity index (χ4n) is 1.40. The number of ether oxygens (including phenoxy) is 1. The van der Waals surface area contributed by atoms with Gasteiger partial charge >= 0.3 is 0 Å². The van der Waals surface area contributed by atoms with E-state index in [-0.39, 0.29) is 11.6 Å². The molecule has 2 N–H and O–H groups in total. The first-order valence-electron chi connectivity index (χ1n) is 6.12. The van der Waals surface area contributed by atoms with Crippen LogP contribution in [0.4, 0.5) is 0 Å². The van der Waals surface area contributed by atoms with Gasteiger partial charge in [0.1, 0.15) is 5.71 Å². The van der Waals surface area contributed by atoms with E-state index in [2.05, 4.69) is 13.5 Å². The van der Waals surface area contributed by atoms with Gasteiger partial charge in [-0.15, -0.1) is 0 Å². The van der Waals surface area contributed by atoms with Crippen LogP contribution in [0.1, 0.15) is 32.6 Å². The molecule has 0 aliphatic carbocycles. The molecule has 0 aliphatic rings. The molecule has 0 amide bonds. The molecule has 98 valence electrons. The van der Waals surface area contributed by atoms with E-state index in [0.29, 0.717) is 18.7 Å². The number of likely N-dealkylation sites (N-methyl/N-ethyl adjacent to an activating group) is 1. The predicted molar refractivity (Wildman–Crippen MR) is 73.2 cm³/mol. The van der Waals surface area contributed by atoms with E-state index in [4.69, 9.17) is 15.6 Å². The molecule has 0 bridgehead atoms. The fraction of sp³-hybridized carbons (Fsp3) is 0.692. The third kappa shape index (κ3) is 7.69. The molecule has 0 unspecified atom stereocenters. The monoisotopic (exact) mass is 239 g/mol. The molecule has 0 heterocycles. The zero-order valence-electron chi connectivity index (χ0n) is 11.3. The van der Waals surface area contributed by atoms with E-state index in [1.165, 1.54) is 12.8 Å². The third-order valence-electron chi connectivity index (χ3n) is 2.33. The summed E-state index contributed by atoms with van der Waals surface area (Å²) in [4.78, 5) is 1.92. The SMILES string of the molecule is C=C(CN(C)C)C(=N)C(=N)OCCCCCC. The quantitative estimate of drug-likeness (QED) is 0.369. The van der Waals surface area contributed by atoms with Gasteiger partial charge < -0.3 is 9.64 Å². The Balaban J connectivity index is 3.82. The molecule has 0 aromatic carbocycles. The van der Waals surface area contributed by atoms with Crippen molar-refractivity contribution in [1.82, 2.24) is 4.90 Å². The zero-order valence-corrected chi connectivity index (χ0v) is 11.3. The summed E-state index contributed by atoms with van der Waals surface area (Å²) in [6, 6.07) is 0. The van der Waals surface area contributed by atoms with Crippen LogP contribution in [0.25, 0.3) is 0 Å². The van der Waals surface area contributed by atoms with Crippen LogP contribution in [0.2, 0.25) is 0 Å². The number of unbranched alkanes of at least 4 members (excludes halogenated alkanes) is 3. The van der Waals surface area contributed by atoms with Crippen LogP contribution in [-0.2, 0) is 4.74 Å². The molecule has 4 heteroatoms. The Labute approximate surface area is 105 Å². The van der Waals surface area contributed by atoms with Crippen molar-refractivity contribution in [2.24, 2.45) is 0 Å². The predicted octanol–water partition coefficient (Wildman–Crippen LogP) is 2.70. The van der Waals surface area contributed by atoms with E-state index < -0.39 is 0 Å². The van der Waals surface area contributed by atoms with Crippen molar-refractivity contribution in [2.45, 2.75) is 32.6 Å². The summed E-state index contributed by atoms with van der Waals surface area (Å²) in [5.74, 6) is -0.0617. The molecule has 0 saturated heterocycles. The van der Waals surface area contributed by atoms with E-state index >= 15 is 0 Å². The van der Waals surface area contributed by atoms with Gasteiger partial charge in [0.15, 0.2) is 0 Å². The van der Waals surface area contributed by atoms with Gasteiger partial charge in [0, 0.05) is 6.54 Å². The van der Waals surface area contributed by atoms with Crippen molar-refractivity contribution in [3.05, 3.63) is 12.2 Å². The minimum atomic E-state index is -0.0617. The summed E-state index contributed by atoms with van der Waals surface area (Å²) in [7, 11) is 3.82. The lowest BCUT2D eigenvalue weighted by Crippen LogP contribution is -2.25. The van der Waals surface area contributed by atoms with Gasteiger partial charge in [-0.3, -0.25) is 10.8 Å². The lowest BCUT2D eigenvalue weighted by Gasteiger charge is -2.14. The van der Waals surface area contributed by atoms with Gasteiger partial charge in [-0.25, -0.2) is 0 Å². The number of nitrogens with one attached hydrogen (secondary N) is 2. The smallest absolute Gasteiger partial charge is 0.232 e. The lowest BCUT2D eigenvalue weighted by molar-refractivity contribution is 0.295. The van der Waals surface area contributed by atoms with Gasteiger partial charge in [0.2, 0.25) is 5.90 Å². The van der Waals surface area contributed by atoms with Gasteiger partial charge in [-0.1, -0.05) is 32.8 Å². The summed E-state index contributed by atoms with van der Waals surface area (Å²) < 4.78 is 5.23.